The van der Waals surface area contributed by atoms with E-state index in [0.29, 0.717) is 19.3 Å². The molecule has 0 bridgehead atoms. The monoisotopic (exact) mass is 611 g/mol. The second kappa shape index (κ2) is 33.3. The van der Waals surface area contributed by atoms with Crippen LogP contribution in [0.15, 0.2) is 0 Å². The Morgan fingerprint density at radius 2 is 0.628 bits per heavy atom. The van der Waals surface area contributed by atoms with Gasteiger partial charge >= 0.3 is 17.9 Å². The summed E-state index contributed by atoms with van der Waals surface area (Å²) >= 11 is 0. The van der Waals surface area contributed by atoms with E-state index < -0.39 is 6.10 Å². The van der Waals surface area contributed by atoms with Gasteiger partial charge in [0.25, 0.3) is 0 Å². The van der Waals surface area contributed by atoms with Crippen LogP contribution in [0, 0.1) is 0 Å². The van der Waals surface area contributed by atoms with Gasteiger partial charge in [0.15, 0.2) is 6.10 Å². The van der Waals surface area contributed by atoms with Gasteiger partial charge in [0, 0.05) is 19.3 Å². The smallest absolute Gasteiger partial charge is 0.306 e. The summed E-state index contributed by atoms with van der Waals surface area (Å²) < 4.78 is 16.4. The average molecular weight is 611 g/mol. The summed E-state index contributed by atoms with van der Waals surface area (Å²) in [4.78, 5) is 37.0. The highest BCUT2D eigenvalue weighted by atomic mass is 16.6. The van der Waals surface area contributed by atoms with E-state index in [1.54, 1.807) is 0 Å². The van der Waals surface area contributed by atoms with Crippen LogP contribution in [0.25, 0.3) is 0 Å². The molecule has 0 aromatic carbocycles. The molecule has 0 fully saturated rings. The molecule has 254 valence electrons. The quantitative estimate of drug-likeness (QED) is 0.0418. The van der Waals surface area contributed by atoms with Crippen LogP contribution >= 0.6 is 0 Å². The first-order valence-electron chi connectivity index (χ1n) is 18.5. The van der Waals surface area contributed by atoms with E-state index in [1.165, 1.54) is 96.3 Å². The Labute approximate surface area is 266 Å². The molecular weight excluding hydrogens is 540 g/mol. The first-order chi connectivity index (χ1) is 21.0. The molecule has 0 saturated carbocycles. The molecule has 0 aliphatic carbocycles. The molecule has 1 atom stereocenters. The Bertz CT molecular complexity index is 635. The van der Waals surface area contributed by atoms with Gasteiger partial charge in [-0.1, -0.05) is 162 Å². The van der Waals surface area contributed by atoms with E-state index in [0.717, 1.165) is 64.2 Å². The third-order valence-electron chi connectivity index (χ3n) is 8.11. The summed E-state index contributed by atoms with van der Waals surface area (Å²) in [6.07, 6.45) is 29.8. The number of rotatable bonds is 33. The van der Waals surface area contributed by atoms with Crippen molar-refractivity contribution >= 4 is 17.9 Å². The molecule has 0 spiro atoms. The van der Waals surface area contributed by atoms with E-state index in [2.05, 4.69) is 20.8 Å². The highest BCUT2D eigenvalue weighted by molar-refractivity contribution is 5.71. The molecule has 0 radical (unpaired) electrons. The molecule has 0 aliphatic heterocycles. The topological polar surface area (TPSA) is 78.9 Å². The number of unbranched alkanes of at least 4 members (excludes halogenated alkanes) is 22. The van der Waals surface area contributed by atoms with Crippen LogP contribution in [-0.4, -0.2) is 37.2 Å². The summed E-state index contributed by atoms with van der Waals surface area (Å²) in [5.74, 6) is -0.886. The van der Waals surface area contributed by atoms with E-state index >= 15 is 0 Å². The van der Waals surface area contributed by atoms with Gasteiger partial charge in [0.1, 0.15) is 13.2 Å². The van der Waals surface area contributed by atoms with Crippen molar-refractivity contribution in [3.63, 3.8) is 0 Å². The van der Waals surface area contributed by atoms with E-state index in [-0.39, 0.29) is 31.1 Å². The van der Waals surface area contributed by atoms with Crippen molar-refractivity contribution in [2.75, 3.05) is 13.2 Å². The zero-order valence-corrected chi connectivity index (χ0v) is 28.7. The fourth-order valence-corrected chi connectivity index (χ4v) is 5.26. The molecule has 0 aliphatic rings. The highest BCUT2D eigenvalue weighted by Crippen LogP contribution is 2.14. The molecule has 0 aromatic heterocycles. The van der Waals surface area contributed by atoms with Crippen LogP contribution in [0.2, 0.25) is 0 Å². The van der Waals surface area contributed by atoms with E-state index in [4.69, 9.17) is 14.2 Å². The van der Waals surface area contributed by atoms with Gasteiger partial charge in [-0.05, 0) is 19.3 Å². The largest absolute Gasteiger partial charge is 0.462 e. The SMILES string of the molecule is CCCCCCCCCCCCCCCC(=O)OC[C@@H](COC(=O)CCCCCCCCC)OC(=O)CCCCCCC. The lowest BCUT2D eigenvalue weighted by atomic mass is 10.0. The number of esters is 3. The van der Waals surface area contributed by atoms with Crippen molar-refractivity contribution in [1.29, 1.82) is 0 Å². The summed E-state index contributed by atoms with van der Waals surface area (Å²) in [5, 5.41) is 0. The van der Waals surface area contributed by atoms with Gasteiger partial charge in [-0.15, -0.1) is 0 Å². The highest BCUT2D eigenvalue weighted by Gasteiger charge is 2.19. The van der Waals surface area contributed by atoms with Crippen LogP contribution in [0.5, 0.6) is 0 Å². The second-order valence-corrected chi connectivity index (χ2v) is 12.5. The van der Waals surface area contributed by atoms with Crippen molar-refractivity contribution in [1.82, 2.24) is 0 Å². The van der Waals surface area contributed by atoms with Crippen LogP contribution in [-0.2, 0) is 28.6 Å². The van der Waals surface area contributed by atoms with Gasteiger partial charge in [-0.3, -0.25) is 14.4 Å². The predicted molar refractivity (Wildman–Crippen MR) is 178 cm³/mol. The number of ether oxygens (including phenoxy) is 3. The zero-order valence-electron chi connectivity index (χ0n) is 28.7. The van der Waals surface area contributed by atoms with Crippen LogP contribution < -0.4 is 0 Å². The summed E-state index contributed by atoms with van der Waals surface area (Å²) in [6.45, 7) is 6.49. The Hall–Kier alpha value is -1.59. The van der Waals surface area contributed by atoms with Crippen molar-refractivity contribution in [3.8, 4) is 0 Å². The van der Waals surface area contributed by atoms with Gasteiger partial charge < -0.3 is 14.2 Å². The zero-order chi connectivity index (χ0) is 31.6. The molecule has 0 unspecified atom stereocenters. The molecule has 0 heterocycles. The number of carbonyl (C=O) groups excluding carboxylic acids is 3. The summed E-state index contributed by atoms with van der Waals surface area (Å²) in [5.41, 5.74) is 0. The molecule has 43 heavy (non-hydrogen) atoms. The lowest BCUT2D eigenvalue weighted by molar-refractivity contribution is -0.167. The Balaban J connectivity index is 4.19. The molecule has 0 rings (SSSR count). The molecule has 0 amide bonds. The van der Waals surface area contributed by atoms with Gasteiger partial charge in [-0.25, -0.2) is 0 Å². The van der Waals surface area contributed by atoms with Crippen molar-refractivity contribution in [2.24, 2.45) is 0 Å². The van der Waals surface area contributed by atoms with Crippen LogP contribution in [0.1, 0.15) is 201 Å². The molecule has 0 saturated heterocycles. The normalized spacial score (nSPS) is 11.8. The van der Waals surface area contributed by atoms with Crippen molar-refractivity contribution in [3.05, 3.63) is 0 Å². The molecule has 0 N–H and O–H groups in total. The Morgan fingerprint density at radius 3 is 0.930 bits per heavy atom. The fourth-order valence-electron chi connectivity index (χ4n) is 5.26. The minimum atomic E-state index is -0.753. The Kier molecular flexibility index (Phi) is 32.1. The summed E-state index contributed by atoms with van der Waals surface area (Å²) in [6, 6.07) is 0. The van der Waals surface area contributed by atoms with Crippen LogP contribution in [0.4, 0.5) is 0 Å². The third-order valence-corrected chi connectivity index (χ3v) is 8.11. The van der Waals surface area contributed by atoms with Gasteiger partial charge in [0.2, 0.25) is 0 Å². The van der Waals surface area contributed by atoms with Crippen molar-refractivity contribution in [2.45, 2.75) is 207 Å². The predicted octanol–water partition coefficient (Wildman–Crippen LogP) is 11.0. The van der Waals surface area contributed by atoms with E-state index in [1.807, 2.05) is 0 Å². The maximum atomic E-state index is 12.4. The van der Waals surface area contributed by atoms with Gasteiger partial charge in [0.05, 0.1) is 0 Å². The molecule has 6 heteroatoms. The van der Waals surface area contributed by atoms with Crippen LogP contribution in [0.3, 0.4) is 0 Å². The lowest BCUT2D eigenvalue weighted by Crippen LogP contribution is -2.30. The summed E-state index contributed by atoms with van der Waals surface area (Å²) in [7, 11) is 0. The van der Waals surface area contributed by atoms with Gasteiger partial charge in [-0.2, -0.15) is 0 Å². The number of hydrogen-bond donors (Lipinski definition) is 0. The standard InChI is InChI=1S/C37H70O6/c1-4-7-10-13-15-16-17-18-19-20-22-25-27-30-36(39)42-33-34(43-37(40)31-28-23-12-9-6-3)32-41-35(38)29-26-24-21-14-11-8-5-2/h34H,4-33H2,1-3H3/t34-/m1/s1. The molecule has 0 aromatic rings. The first kappa shape index (κ1) is 41.4. The van der Waals surface area contributed by atoms with Crippen molar-refractivity contribution < 1.29 is 28.6 Å². The second-order valence-electron chi connectivity index (χ2n) is 12.5. The number of hydrogen-bond acceptors (Lipinski definition) is 6. The molecular formula is C37H70O6. The lowest BCUT2D eigenvalue weighted by Gasteiger charge is -2.18. The molecule has 6 nitrogen and oxygen atoms in total. The first-order valence-corrected chi connectivity index (χ1v) is 18.5. The van der Waals surface area contributed by atoms with E-state index in [9.17, 15) is 14.4 Å². The average Bonchev–Trinajstić information content (AvgIpc) is 3.00. The maximum absolute atomic E-state index is 12.4. The fraction of sp³-hybridized carbons (Fsp3) is 0.919. The third kappa shape index (κ3) is 31.6. The number of carbonyl (C=O) groups is 3. The minimum absolute atomic E-state index is 0.0659. The maximum Gasteiger partial charge on any atom is 0.306 e. The Morgan fingerprint density at radius 1 is 0.372 bits per heavy atom. The minimum Gasteiger partial charge on any atom is -0.462 e.